The van der Waals surface area contributed by atoms with Crippen LogP contribution >= 0.6 is 34.3 Å². The van der Waals surface area contributed by atoms with Crippen LogP contribution in [0.3, 0.4) is 0 Å². The van der Waals surface area contributed by atoms with Gasteiger partial charge in [0.05, 0.1) is 63.9 Å². The molecule has 28 heteroatoms. The minimum atomic E-state index is -4.12. The first-order valence-electron chi connectivity index (χ1n) is 23.4. The predicted molar refractivity (Wildman–Crippen MR) is 277 cm³/mol. The minimum absolute atomic E-state index is 0. The molecule has 8 atom stereocenters. The number of aliphatic hydroxyl groups is 2. The summed E-state index contributed by atoms with van der Waals surface area (Å²) < 4.78 is 93.7. The number of anilines is 2. The van der Waals surface area contributed by atoms with Crippen molar-refractivity contribution in [3.63, 3.8) is 0 Å². The summed E-state index contributed by atoms with van der Waals surface area (Å²) in [7, 11) is -8.23. The standard InChI is InChI=1S/C24H24ClFN4O6S2.C24H25FN4O6S2.CH3.Pd/c25-23-17(22-16-6-14(26)2-1-12(16)3-4-35-22)8-20(37-23)21(32)18-9-28-11-29-24(18)30-15-5-13(19(31)7-15)10-36-38(27,33)34;25-16-2-1-13-3-4-34-23(18(13)7-16)15-6-21(36-11-15)22(31)19-9-27-12-28-24(19)29-17-5-14(20(30)8-17)10-35-37(26,32)33;;/h1-2,6,8-9,11,13,15,19,22,31H,3-5,7,10H2,(H2,27,33,34)(H,28,29,30);1-2,6-7,9,11-12,14,17,20,23,30H,3-5,8,10H2,(H2,26,32,33)(H,27,28,29);1H3;/q;;-1;/t13-,15-,19+,22?;14-,17-,20+,23?;;/m11../s1. The van der Waals surface area contributed by atoms with Crippen molar-refractivity contribution < 1.29 is 83.7 Å². The van der Waals surface area contributed by atoms with Crippen molar-refractivity contribution in [2.45, 2.75) is 75.0 Å². The second-order valence-corrected chi connectivity index (χ2v) is 23.3. The number of fused-ring (bicyclic) bond motifs is 2. The molecule has 4 aromatic heterocycles. The number of halogens is 3. The summed E-state index contributed by atoms with van der Waals surface area (Å²) in [6, 6.07) is 12.1. The van der Waals surface area contributed by atoms with E-state index in [9.17, 15) is 45.4 Å². The van der Waals surface area contributed by atoms with Gasteiger partial charge < -0.3 is 37.7 Å². The molecule has 10 rings (SSSR count). The molecule has 4 aliphatic rings. The van der Waals surface area contributed by atoms with E-state index in [1.165, 1.54) is 60.7 Å². The number of hydrogen-bond acceptors (Lipinski definition) is 20. The Hall–Kier alpha value is -4.67. The zero-order valence-corrected chi connectivity index (χ0v) is 46.3. The van der Waals surface area contributed by atoms with Crippen LogP contribution in [0.1, 0.15) is 102 Å². The number of nitrogens with zero attached hydrogens (tertiary/aromatic N) is 4. The van der Waals surface area contributed by atoms with Gasteiger partial charge in [-0.1, -0.05) is 23.7 Å². The molecule has 2 aliphatic carbocycles. The van der Waals surface area contributed by atoms with E-state index in [1.807, 2.05) is 5.38 Å². The van der Waals surface area contributed by atoms with Crippen molar-refractivity contribution in [2.24, 2.45) is 22.1 Å². The Morgan fingerprint density at radius 3 is 1.70 bits per heavy atom. The fourth-order valence-electron chi connectivity index (χ4n) is 9.68. The Morgan fingerprint density at radius 2 is 1.19 bits per heavy atom. The molecule has 20 nitrogen and oxygen atoms in total. The summed E-state index contributed by atoms with van der Waals surface area (Å²) in [5.41, 5.74) is 5.23. The summed E-state index contributed by atoms with van der Waals surface area (Å²) in [4.78, 5) is 44.2. The number of hydrogen-bond donors (Lipinski definition) is 6. The van der Waals surface area contributed by atoms with Crippen molar-refractivity contribution in [1.29, 1.82) is 0 Å². The Labute approximate surface area is 469 Å². The van der Waals surface area contributed by atoms with E-state index >= 15 is 0 Å². The Morgan fingerprint density at radius 1 is 0.714 bits per heavy atom. The van der Waals surface area contributed by atoms with Crippen molar-refractivity contribution in [3.8, 4) is 0 Å². The van der Waals surface area contributed by atoms with E-state index in [0.29, 0.717) is 82.8 Å². The van der Waals surface area contributed by atoms with Crippen LogP contribution < -0.4 is 20.9 Å². The van der Waals surface area contributed by atoms with Crippen LogP contribution in [0.2, 0.25) is 4.34 Å². The largest absolute Gasteiger partial charge is 0.393 e. The van der Waals surface area contributed by atoms with Gasteiger partial charge in [0, 0.05) is 62.3 Å². The molecule has 2 saturated carbocycles. The summed E-state index contributed by atoms with van der Waals surface area (Å²) >= 11 is 8.88. The monoisotopic (exact) mass is 1250 g/mol. The van der Waals surface area contributed by atoms with E-state index in [2.05, 4.69) is 38.9 Å². The maximum absolute atomic E-state index is 14.0. The third-order valence-electron chi connectivity index (χ3n) is 13.3. The van der Waals surface area contributed by atoms with E-state index in [1.54, 1.807) is 24.3 Å². The fourth-order valence-corrected chi connectivity index (χ4v) is 12.6. The first-order valence-corrected chi connectivity index (χ1v) is 28.4. The Kier molecular flexibility index (Phi) is 20.0. The molecule has 2 fully saturated rings. The van der Waals surface area contributed by atoms with Crippen LogP contribution in [-0.4, -0.2) is 109 Å². The SMILES string of the molecule is NS(=O)(=O)OC[C@H]1C[C@@H](Nc2ncncc2C(=O)c2cc(C3OCCc4ccc(F)cc43)c(Cl)s2)C[C@@H]1O.NS(=O)(=O)OC[C@H]1C[C@@H](Nc2ncncc2C(=O)c2cc(C3OCCc4ccc(F)cc43)cs2)C[C@@H]1O.[CH3-].[Pd]. The molecular weight excluding hydrogens is 1200 g/mol. The van der Waals surface area contributed by atoms with Gasteiger partial charge in [0.2, 0.25) is 11.6 Å². The molecule has 0 saturated heterocycles. The van der Waals surface area contributed by atoms with Crippen LogP contribution in [0.4, 0.5) is 20.4 Å². The van der Waals surface area contributed by atoms with Crippen molar-refractivity contribution >= 4 is 78.1 Å². The Bertz CT molecular complexity index is 3330. The molecule has 77 heavy (non-hydrogen) atoms. The number of thiophene rings is 2. The molecule has 416 valence electrons. The first kappa shape index (κ1) is 60.0. The zero-order chi connectivity index (χ0) is 53.2. The third kappa shape index (κ3) is 14.8. The van der Waals surface area contributed by atoms with Gasteiger partial charge in [-0.05, 0) is 108 Å². The van der Waals surface area contributed by atoms with E-state index in [0.717, 1.165) is 33.6 Å². The summed E-state index contributed by atoms with van der Waals surface area (Å²) in [6.45, 7) is 0.456. The van der Waals surface area contributed by atoms with Gasteiger partial charge in [0.25, 0.3) is 0 Å². The molecular formula is C49H52ClF2N8O12PdS4-. The normalized spacial score (nSPS) is 22.8. The van der Waals surface area contributed by atoms with Gasteiger partial charge in [0.15, 0.2) is 0 Å². The minimum Gasteiger partial charge on any atom is -0.393 e. The third-order valence-corrected chi connectivity index (χ3v) is 16.5. The zero-order valence-electron chi connectivity index (χ0n) is 40.7. The maximum atomic E-state index is 14.0. The van der Waals surface area contributed by atoms with Crippen LogP contribution in [0, 0.1) is 30.9 Å². The van der Waals surface area contributed by atoms with Crippen LogP contribution in [-0.2, 0) is 71.7 Å². The summed E-state index contributed by atoms with van der Waals surface area (Å²) in [5, 5.41) is 38.6. The number of ketones is 2. The smallest absolute Gasteiger partial charge is 0.333 e. The second-order valence-electron chi connectivity index (χ2n) is 18.3. The molecule has 2 aromatic carbocycles. The summed E-state index contributed by atoms with van der Waals surface area (Å²) in [5.74, 6) is -1.71. The van der Waals surface area contributed by atoms with Gasteiger partial charge in [-0.25, -0.2) is 39.0 Å². The fraction of sp³-hybridized carbons (Fsp3) is 0.367. The van der Waals surface area contributed by atoms with Crippen LogP contribution in [0.15, 0.2) is 79.0 Å². The van der Waals surface area contributed by atoms with Crippen LogP contribution in [0.25, 0.3) is 0 Å². The van der Waals surface area contributed by atoms with Gasteiger partial charge >= 0.3 is 20.6 Å². The van der Waals surface area contributed by atoms with Crippen LogP contribution in [0.5, 0.6) is 0 Å². The van der Waals surface area contributed by atoms with Gasteiger partial charge in [-0.3, -0.25) is 18.0 Å². The second kappa shape index (κ2) is 25.6. The number of rotatable bonds is 16. The molecule has 0 amide bonds. The average Bonchev–Trinajstić information content (AvgIpc) is 4.20. The average molecular weight is 1250 g/mol. The topological polar surface area (TPSA) is 307 Å². The Balaban J connectivity index is 0.000000218. The number of aliphatic hydroxyl groups excluding tert-OH is 2. The molecule has 2 aliphatic heterocycles. The quantitative estimate of drug-likeness (QED) is 0.0380. The number of nitrogens with one attached hydrogen (secondary N) is 2. The van der Waals surface area contributed by atoms with Gasteiger partial charge in [-0.15, -0.1) is 22.7 Å². The molecule has 0 bridgehead atoms. The molecule has 0 spiro atoms. The molecule has 2 unspecified atom stereocenters. The van der Waals surface area contributed by atoms with Crippen molar-refractivity contribution in [2.75, 3.05) is 37.1 Å². The van der Waals surface area contributed by atoms with E-state index in [-0.39, 0.29) is 93.3 Å². The summed E-state index contributed by atoms with van der Waals surface area (Å²) in [6.07, 6.45) is 5.46. The maximum Gasteiger partial charge on any atom is 0.333 e. The van der Waals surface area contributed by atoms with E-state index < -0.39 is 56.9 Å². The number of nitrogens with two attached hydrogens (primary N) is 2. The van der Waals surface area contributed by atoms with Crippen molar-refractivity contribution in [3.05, 3.63) is 157 Å². The number of ether oxygens (including phenoxy) is 2. The van der Waals surface area contributed by atoms with Gasteiger partial charge in [-0.2, -0.15) is 16.8 Å². The predicted octanol–water partition coefficient (Wildman–Crippen LogP) is 5.78. The van der Waals surface area contributed by atoms with Gasteiger partial charge in [0.1, 0.15) is 48.1 Å². The molecule has 6 heterocycles. The van der Waals surface area contributed by atoms with E-state index in [4.69, 9.17) is 31.4 Å². The molecule has 0 radical (unpaired) electrons. The van der Waals surface area contributed by atoms with Crippen molar-refractivity contribution in [1.82, 2.24) is 19.9 Å². The number of carbonyl (C=O) groups is 2. The molecule has 6 aromatic rings. The number of benzene rings is 2. The number of carbonyl (C=O) groups excluding carboxylic acids is 2. The first-order chi connectivity index (χ1) is 35.8. The molecule has 8 N–H and O–H groups in total. The number of aromatic nitrogens is 4.